The Morgan fingerprint density at radius 3 is 2.12 bits per heavy atom. The van der Waals surface area contributed by atoms with Crippen molar-refractivity contribution in [3.63, 3.8) is 0 Å². The van der Waals surface area contributed by atoms with Crippen molar-refractivity contribution in [1.82, 2.24) is 0 Å². The van der Waals surface area contributed by atoms with Gasteiger partial charge in [0.1, 0.15) is 11.6 Å². The monoisotopic (exact) mass is 446 g/mol. The van der Waals surface area contributed by atoms with Crippen LogP contribution >= 0.6 is 0 Å². The van der Waals surface area contributed by atoms with Gasteiger partial charge in [-0.1, -0.05) is 73.7 Å². The average Bonchev–Trinajstić information content (AvgIpc) is 2.92. The second-order valence-corrected chi connectivity index (χ2v) is 8.39. The summed E-state index contributed by atoms with van der Waals surface area (Å²) in [7, 11) is 1.63. The molecule has 0 fully saturated rings. The van der Waals surface area contributed by atoms with E-state index in [2.05, 4.69) is 35.2 Å². The molecular weight excluding hydrogens is 420 g/mol. The van der Waals surface area contributed by atoms with Crippen molar-refractivity contribution in [2.75, 3.05) is 12.0 Å². The predicted molar refractivity (Wildman–Crippen MR) is 137 cm³/mol. The Morgan fingerprint density at radius 2 is 1.44 bits per heavy atom. The number of hydrogen-bond donors (Lipinski definition) is 0. The summed E-state index contributed by atoms with van der Waals surface area (Å²) in [6.07, 6.45) is 0. The van der Waals surface area contributed by atoms with Crippen LogP contribution in [0.15, 0.2) is 114 Å². The molecule has 2 unspecified atom stereocenters. The van der Waals surface area contributed by atoms with E-state index < -0.39 is 0 Å². The summed E-state index contributed by atoms with van der Waals surface area (Å²) >= 11 is 0. The Balaban J connectivity index is 1.66. The molecule has 5 rings (SSSR count). The number of Topliss-reactive ketones (excluding diaryl/α,β-unsaturated/α-hetero) is 1. The van der Waals surface area contributed by atoms with Gasteiger partial charge in [0.15, 0.2) is 5.78 Å². The number of fused-ring (bicyclic) bond motifs is 1. The normalized spacial score (nSPS) is 15.8. The zero-order chi connectivity index (χ0) is 23.5. The number of methoxy groups -OCH3 is 1. The van der Waals surface area contributed by atoms with E-state index in [-0.39, 0.29) is 17.7 Å². The van der Waals surface area contributed by atoms with Gasteiger partial charge in [-0.25, -0.2) is 4.99 Å². The highest BCUT2D eigenvalue weighted by atomic mass is 16.5. The van der Waals surface area contributed by atoms with Gasteiger partial charge < -0.3 is 9.64 Å². The van der Waals surface area contributed by atoms with Crippen LogP contribution in [0, 0.1) is 5.92 Å². The summed E-state index contributed by atoms with van der Waals surface area (Å²) in [5.41, 5.74) is 4.62. The molecule has 1 aliphatic heterocycles. The van der Waals surface area contributed by atoms with E-state index in [0.29, 0.717) is 5.56 Å². The van der Waals surface area contributed by atoms with Crippen LogP contribution in [-0.4, -0.2) is 18.7 Å². The SMILES string of the molecule is COc1ccc(C(=O)C(C)C2c3ccccc3N=C(c3ccccc3)N2c2ccccc2)cc1. The molecule has 4 nitrogen and oxygen atoms in total. The molecule has 0 amide bonds. The Hall–Kier alpha value is -4.18. The highest BCUT2D eigenvalue weighted by molar-refractivity contribution is 6.13. The van der Waals surface area contributed by atoms with Crippen molar-refractivity contribution in [3.05, 3.63) is 126 Å². The van der Waals surface area contributed by atoms with Crippen LogP contribution in [0.3, 0.4) is 0 Å². The number of carbonyl (C=O) groups excluding carboxylic acids is 1. The van der Waals surface area contributed by atoms with Crippen LogP contribution in [-0.2, 0) is 0 Å². The molecule has 4 aromatic rings. The highest BCUT2D eigenvalue weighted by Gasteiger charge is 2.38. The molecule has 0 N–H and O–H groups in total. The minimum atomic E-state index is -0.330. The molecule has 0 saturated carbocycles. The summed E-state index contributed by atoms with van der Waals surface area (Å²) in [4.78, 5) is 21.1. The number of carbonyl (C=O) groups is 1. The summed E-state index contributed by atoms with van der Waals surface area (Å²) in [6.45, 7) is 2.01. The van der Waals surface area contributed by atoms with E-state index in [0.717, 1.165) is 34.1 Å². The molecule has 2 atom stereocenters. The number of anilines is 1. The number of rotatable bonds is 6. The van der Waals surface area contributed by atoms with E-state index in [1.54, 1.807) is 7.11 Å². The van der Waals surface area contributed by atoms with Crippen LogP contribution < -0.4 is 9.64 Å². The maximum atomic E-state index is 13.8. The van der Waals surface area contributed by atoms with E-state index in [1.807, 2.05) is 85.8 Å². The molecular formula is C30H26N2O2. The lowest BCUT2D eigenvalue weighted by Gasteiger charge is -2.41. The summed E-state index contributed by atoms with van der Waals surface area (Å²) in [6, 6.07) is 35.6. The zero-order valence-corrected chi connectivity index (χ0v) is 19.3. The van der Waals surface area contributed by atoms with Crippen molar-refractivity contribution in [3.8, 4) is 5.75 Å². The zero-order valence-electron chi connectivity index (χ0n) is 19.3. The van der Waals surface area contributed by atoms with Crippen molar-refractivity contribution in [2.45, 2.75) is 13.0 Å². The van der Waals surface area contributed by atoms with Crippen molar-refractivity contribution in [1.29, 1.82) is 0 Å². The van der Waals surface area contributed by atoms with E-state index in [9.17, 15) is 4.79 Å². The van der Waals surface area contributed by atoms with Crippen molar-refractivity contribution in [2.24, 2.45) is 10.9 Å². The van der Waals surface area contributed by atoms with Crippen molar-refractivity contribution >= 4 is 23.0 Å². The van der Waals surface area contributed by atoms with Gasteiger partial charge in [0.25, 0.3) is 0 Å². The van der Waals surface area contributed by atoms with Crippen molar-refractivity contribution < 1.29 is 9.53 Å². The fraction of sp³-hybridized carbons (Fsp3) is 0.133. The van der Waals surface area contributed by atoms with Crippen LogP contribution in [0.25, 0.3) is 0 Å². The molecule has 34 heavy (non-hydrogen) atoms. The second kappa shape index (κ2) is 9.36. The maximum Gasteiger partial charge on any atom is 0.168 e. The average molecular weight is 447 g/mol. The maximum absolute atomic E-state index is 13.8. The van der Waals surface area contributed by atoms with Gasteiger partial charge in [-0.2, -0.15) is 0 Å². The molecule has 0 bridgehead atoms. The van der Waals surface area contributed by atoms with Gasteiger partial charge in [-0.05, 0) is 42.5 Å². The first-order chi connectivity index (χ1) is 16.7. The first kappa shape index (κ1) is 21.7. The molecule has 1 aliphatic rings. The lowest BCUT2D eigenvalue weighted by molar-refractivity contribution is 0.0913. The Bertz CT molecular complexity index is 1320. The first-order valence-electron chi connectivity index (χ1n) is 11.4. The Labute approximate surface area is 200 Å². The lowest BCUT2D eigenvalue weighted by Crippen LogP contribution is -2.42. The van der Waals surface area contributed by atoms with Gasteiger partial charge in [0, 0.05) is 28.3 Å². The fourth-order valence-electron chi connectivity index (χ4n) is 4.60. The van der Waals surface area contributed by atoms with Crippen LogP contribution in [0.1, 0.15) is 34.5 Å². The molecule has 0 aromatic heterocycles. The quantitative estimate of drug-likeness (QED) is 0.304. The van der Waals surface area contributed by atoms with Crippen LogP contribution in [0.5, 0.6) is 5.75 Å². The topological polar surface area (TPSA) is 41.9 Å². The lowest BCUT2D eigenvalue weighted by atomic mass is 9.84. The minimum absolute atomic E-state index is 0.0812. The third-order valence-electron chi connectivity index (χ3n) is 6.32. The van der Waals surface area contributed by atoms with E-state index >= 15 is 0 Å². The number of aliphatic imine (C=N–C) groups is 1. The molecule has 4 heteroatoms. The number of ether oxygens (including phenoxy) is 1. The fourth-order valence-corrected chi connectivity index (χ4v) is 4.60. The molecule has 0 saturated heterocycles. The largest absolute Gasteiger partial charge is 0.497 e. The molecule has 0 spiro atoms. The van der Waals surface area contributed by atoms with E-state index in [4.69, 9.17) is 9.73 Å². The molecule has 168 valence electrons. The number of benzene rings is 4. The Kier molecular flexibility index (Phi) is 5.96. The predicted octanol–water partition coefficient (Wildman–Crippen LogP) is 6.85. The first-order valence-corrected chi connectivity index (χ1v) is 11.4. The number of hydrogen-bond acceptors (Lipinski definition) is 4. The van der Waals surface area contributed by atoms with E-state index in [1.165, 1.54) is 0 Å². The molecule has 4 aromatic carbocycles. The van der Waals surface area contributed by atoms with Crippen LogP contribution in [0.2, 0.25) is 0 Å². The van der Waals surface area contributed by atoms with Crippen LogP contribution in [0.4, 0.5) is 11.4 Å². The van der Waals surface area contributed by atoms with Gasteiger partial charge >= 0.3 is 0 Å². The minimum Gasteiger partial charge on any atom is -0.497 e. The second-order valence-electron chi connectivity index (χ2n) is 8.39. The highest BCUT2D eigenvalue weighted by Crippen LogP contribution is 2.43. The summed E-state index contributed by atoms with van der Waals surface area (Å²) in [5.74, 6) is 1.32. The Morgan fingerprint density at radius 1 is 0.824 bits per heavy atom. The third-order valence-corrected chi connectivity index (χ3v) is 6.32. The summed E-state index contributed by atoms with van der Waals surface area (Å²) in [5, 5.41) is 0. The van der Waals surface area contributed by atoms with Gasteiger partial charge in [-0.15, -0.1) is 0 Å². The number of ketones is 1. The van der Waals surface area contributed by atoms with Gasteiger partial charge in [0.2, 0.25) is 0 Å². The number of nitrogens with zero attached hydrogens (tertiary/aromatic N) is 2. The smallest absolute Gasteiger partial charge is 0.168 e. The number of amidine groups is 1. The molecule has 0 aliphatic carbocycles. The van der Waals surface area contributed by atoms with Gasteiger partial charge in [0.05, 0.1) is 18.8 Å². The summed E-state index contributed by atoms with van der Waals surface area (Å²) < 4.78 is 5.27. The standard InChI is InChI=1S/C30H26N2O2/c1-21(29(33)22-17-19-25(34-2)20-18-22)28-26-15-9-10-16-27(26)31-30(23-11-5-3-6-12-23)32(28)24-13-7-4-8-14-24/h3-21,28H,1-2H3. The van der Waals surface area contributed by atoms with Gasteiger partial charge in [-0.3, -0.25) is 4.79 Å². The third kappa shape index (κ3) is 3.99. The molecule has 0 radical (unpaired) electrons. The number of para-hydroxylation sites is 2. The molecule has 1 heterocycles.